The van der Waals surface area contributed by atoms with Gasteiger partial charge in [-0.1, -0.05) is 82.6 Å². The van der Waals surface area contributed by atoms with Crippen molar-refractivity contribution in [3.8, 4) is 11.1 Å². The molecule has 2 rings (SSSR count). The number of hydrogen-bond donors (Lipinski definition) is 0. The van der Waals surface area contributed by atoms with Crippen LogP contribution in [-0.4, -0.2) is 30.4 Å². The van der Waals surface area contributed by atoms with Crippen LogP contribution in [0.4, 0.5) is 0 Å². The van der Waals surface area contributed by atoms with Crippen LogP contribution in [0.15, 0.2) is 53.4 Å². The van der Waals surface area contributed by atoms with Crippen LogP contribution in [-0.2, 0) is 14.3 Å². The van der Waals surface area contributed by atoms with E-state index in [0.717, 1.165) is 16.9 Å². The zero-order valence-electron chi connectivity index (χ0n) is 21.0. The summed E-state index contributed by atoms with van der Waals surface area (Å²) in [6.07, 6.45) is 11.3. The highest BCUT2D eigenvalue weighted by atomic mass is 32.2. The van der Waals surface area contributed by atoms with Crippen LogP contribution in [0.3, 0.4) is 0 Å². The van der Waals surface area contributed by atoms with Crippen molar-refractivity contribution in [2.45, 2.75) is 89.6 Å². The first-order chi connectivity index (χ1) is 16.5. The summed E-state index contributed by atoms with van der Waals surface area (Å²) >= 11 is 1.92. The van der Waals surface area contributed by atoms with Crippen molar-refractivity contribution in [2.75, 3.05) is 12.4 Å². The molecule has 34 heavy (non-hydrogen) atoms. The van der Waals surface area contributed by atoms with Crippen molar-refractivity contribution < 1.29 is 19.1 Å². The average molecular weight is 485 g/mol. The minimum Gasteiger partial charge on any atom is -0.463 e. The molecule has 0 saturated carbocycles. The van der Waals surface area contributed by atoms with Crippen LogP contribution >= 0.6 is 11.8 Å². The maximum absolute atomic E-state index is 12.3. The Morgan fingerprint density at radius 1 is 0.765 bits per heavy atom. The number of rotatable bonds is 16. The van der Waals surface area contributed by atoms with E-state index >= 15 is 0 Å². The third-order valence-electron chi connectivity index (χ3n) is 5.73. The molecule has 0 amide bonds. The van der Waals surface area contributed by atoms with E-state index < -0.39 is 18.0 Å². The average Bonchev–Trinajstić information content (AvgIpc) is 2.85. The first-order valence-electron chi connectivity index (χ1n) is 12.8. The molecule has 5 heteroatoms. The van der Waals surface area contributed by atoms with Gasteiger partial charge in [0.05, 0.1) is 12.2 Å². The molecule has 0 N–H and O–H groups in total. The van der Waals surface area contributed by atoms with Crippen LogP contribution < -0.4 is 0 Å². The third-order valence-corrected chi connectivity index (χ3v) is 6.83. The summed E-state index contributed by atoms with van der Waals surface area (Å²) in [7, 11) is 0. The van der Waals surface area contributed by atoms with Crippen molar-refractivity contribution in [1.29, 1.82) is 0 Å². The molecule has 0 aliphatic carbocycles. The van der Waals surface area contributed by atoms with Crippen molar-refractivity contribution in [3.63, 3.8) is 0 Å². The standard InChI is InChI=1S/C29H40O4S/c1-4-6-7-8-9-10-11-12-13-22-34-27-20-18-25(19-21-27)24-14-16-26(17-15-24)29(31)33-23(3)28(30)32-5-2/h14-21,23H,4-13,22H2,1-3H3/t23-/m0/s1. The lowest BCUT2D eigenvalue weighted by molar-refractivity contribution is -0.152. The van der Waals surface area contributed by atoms with Gasteiger partial charge in [-0.3, -0.25) is 0 Å². The zero-order valence-corrected chi connectivity index (χ0v) is 21.8. The van der Waals surface area contributed by atoms with Gasteiger partial charge < -0.3 is 9.47 Å². The Morgan fingerprint density at radius 3 is 1.85 bits per heavy atom. The topological polar surface area (TPSA) is 52.6 Å². The lowest BCUT2D eigenvalue weighted by Gasteiger charge is -2.12. The molecular formula is C29H40O4S. The minimum atomic E-state index is -0.923. The minimum absolute atomic E-state index is 0.256. The Hall–Kier alpha value is -2.27. The van der Waals surface area contributed by atoms with Crippen molar-refractivity contribution in [2.24, 2.45) is 0 Å². The Kier molecular flexibility index (Phi) is 13.5. The zero-order chi connectivity index (χ0) is 24.6. The molecule has 0 heterocycles. The number of hydrogen-bond acceptors (Lipinski definition) is 5. The molecule has 0 aliphatic rings. The smallest absolute Gasteiger partial charge is 0.347 e. The highest BCUT2D eigenvalue weighted by molar-refractivity contribution is 7.99. The van der Waals surface area contributed by atoms with E-state index in [4.69, 9.17) is 9.47 Å². The first kappa shape index (κ1) is 28.0. The van der Waals surface area contributed by atoms with Gasteiger partial charge >= 0.3 is 11.9 Å². The normalized spacial score (nSPS) is 11.7. The predicted molar refractivity (Wildman–Crippen MR) is 141 cm³/mol. The summed E-state index contributed by atoms with van der Waals surface area (Å²) < 4.78 is 10.1. The molecule has 0 saturated heterocycles. The van der Waals surface area contributed by atoms with Gasteiger partial charge in [-0.15, -0.1) is 11.8 Å². The summed E-state index contributed by atoms with van der Waals surface area (Å²) in [5.41, 5.74) is 2.55. The monoisotopic (exact) mass is 484 g/mol. The molecule has 0 aromatic heterocycles. The molecule has 0 spiro atoms. The molecule has 0 unspecified atom stereocenters. The summed E-state index contributed by atoms with van der Waals surface area (Å²) in [5.74, 6) is 0.0921. The van der Waals surface area contributed by atoms with Gasteiger partial charge in [0.25, 0.3) is 0 Å². The molecule has 0 radical (unpaired) electrons. The van der Waals surface area contributed by atoms with Crippen LogP contribution in [0.1, 0.15) is 88.9 Å². The molecule has 2 aromatic carbocycles. The number of esters is 2. The first-order valence-corrected chi connectivity index (χ1v) is 13.7. The molecule has 0 fully saturated rings. The Labute approximate surface area is 209 Å². The lowest BCUT2D eigenvalue weighted by atomic mass is 10.0. The van der Waals surface area contributed by atoms with Crippen LogP contribution in [0.2, 0.25) is 0 Å². The summed E-state index contributed by atoms with van der Waals surface area (Å²) in [6.45, 7) is 5.75. The fourth-order valence-electron chi connectivity index (χ4n) is 3.68. The summed E-state index contributed by atoms with van der Waals surface area (Å²) in [4.78, 5) is 25.2. The highest BCUT2D eigenvalue weighted by Gasteiger charge is 2.19. The van der Waals surface area contributed by atoms with Gasteiger partial charge in [0.15, 0.2) is 6.10 Å². The fourth-order valence-corrected chi connectivity index (χ4v) is 4.59. The number of carbonyl (C=O) groups excluding carboxylic acids is 2. The van der Waals surface area contributed by atoms with E-state index in [9.17, 15) is 9.59 Å². The van der Waals surface area contributed by atoms with Crippen molar-refractivity contribution >= 4 is 23.7 Å². The Balaban J connectivity index is 1.72. The number of carbonyl (C=O) groups is 2. The molecule has 4 nitrogen and oxygen atoms in total. The fraction of sp³-hybridized carbons (Fsp3) is 0.517. The molecule has 1 atom stereocenters. The van der Waals surface area contributed by atoms with Crippen molar-refractivity contribution in [3.05, 3.63) is 54.1 Å². The Morgan fingerprint density at radius 2 is 1.29 bits per heavy atom. The van der Waals surface area contributed by atoms with Gasteiger partial charge in [0.2, 0.25) is 0 Å². The second-order valence-electron chi connectivity index (χ2n) is 8.58. The largest absolute Gasteiger partial charge is 0.463 e. The Bertz CT molecular complexity index is 845. The lowest BCUT2D eigenvalue weighted by Crippen LogP contribution is -2.26. The maximum Gasteiger partial charge on any atom is 0.347 e. The second-order valence-corrected chi connectivity index (χ2v) is 9.75. The second kappa shape index (κ2) is 16.4. The van der Waals surface area contributed by atoms with E-state index in [1.54, 1.807) is 19.1 Å². The van der Waals surface area contributed by atoms with E-state index in [2.05, 4.69) is 31.2 Å². The van der Waals surface area contributed by atoms with Gasteiger partial charge in [-0.25, -0.2) is 9.59 Å². The predicted octanol–water partition coefficient (Wildman–Crippen LogP) is 8.08. The quantitative estimate of drug-likeness (QED) is 0.137. The van der Waals surface area contributed by atoms with Crippen molar-refractivity contribution in [1.82, 2.24) is 0 Å². The number of benzene rings is 2. The van der Waals surface area contributed by atoms with E-state index in [1.807, 2.05) is 23.9 Å². The number of ether oxygens (including phenoxy) is 2. The summed E-state index contributed by atoms with van der Waals surface area (Å²) in [5, 5.41) is 0. The SMILES string of the molecule is CCCCCCCCCCCSc1ccc(-c2ccc(C(=O)O[C@@H](C)C(=O)OCC)cc2)cc1. The van der Waals surface area contributed by atoms with Crippen LogP contribution in [0, 0.1) is 0 Å². The molecule has 2 aromatic rings. The number of unbranched alkanes of at least 4 members (excludes halogenated alkanes) is 8. The van der Waals surface area contributed by atoms with Gasteiger partial charge in [0, 0.05) is 4.90 Å². The van der Waals surface area contributed by atoms with Crippen LogP contribution in [0.5, 0.6) is 0 Å². The van der Waals surface area contributed by atoms with Gasteiger partial charge in [0.1, 0.15) is 0 Å². The van der Waals surface area contributed by atoms with E-state index in [-0.39, 0.29) is 6.61 Å². The summed E-state index contributed by atoms with van der Waals surface area (Å²) in [6, 6.07) is 15.8. The third kappa shape index (κ3) is 10.3. The van der Waals surface area contributed by atoms with Crippen LogP contribution in [0.25, 0.3) is 11.1 Å². The van der Waals surface area contributed by atoms with E-state index in [0.29, 0.717) is 5.56 Å². The maximum atomic E-state index is 12.3. The number of thioether (sulfide) groups is 1. The molecule has 186 valence electrons. The highest BCUT2D eigenvalue weighted by Crippen LogP contribution is 2.26. The van der Waals surface area contributed by atoms with E-state index in [1.165, 1.54) is 69.6 Å². The molecule has 0 bridgehead atoms. The molecular weight excluding hydrogens is 444 g/mol. The van der Waals surface area contributed by atoms with Gasteiger partial charge in [-0.05, 0) is 61.4 Å². The van der Waals surface area contributed by atoms with Gasteiger partial charge in [-0.2, -0.15) is 0 Å². The molecule has 0 aliphatic heterocycles.